The van der Waals surface area contributed by atoms with E-state index in [4.69, 9.17) is 9.84 Å². The van der Waals surface area contributed by atoms with E-state index < -0.39 is 36.0 Å². The zero-order chi connectivity index (χ0) is 17.3. The lowest BCUT2D eigenvalue weighted by Gasteiger charge is -2.33. The summed E-state index contributed by atoms with van der Waals surface area (Å²) in [5, 5.41) is 9.09. The normalized spacial score (nSPS) is 23.8. The summed E-state index contributed by atoms with van der Waals surface area (Å²) in [5.41, 5.74) is -0.0712. The number of carboxylic acid groups (broad SMARTS) is 1. The third-order valence-corrected chi connectivity index (χ3v) is 4.70. The molecule has 0 spiro atoms. The van der Waals surface area contributed by atoms with Crippen LogP contribution in [-0.4, -0.2) is 47.7 Å². The van der Waals surface area contributed by atoms with Crippen molar-refractivity contribution in [3.63, 3.8) is 0 Å². The fourth-order valence-electron chi connectivity index (χ4n) is 3.39. The van der Waals surface area contributed by atoms with Crippen LogP contribution < -0.4 is 0 Å². The zero-order valence-electron chi connectivity index (χ0n) is 13.1. The number of carbonyl (C=O) groups is 2. The smallest absolute Gasteiger partial charge is 0.323 e. The average Bonchev–Trinajstić information content (AvgIpc) is 3.33. The van der Waals surface area contributed by atoms with Gasteiger partial charge in [-0.1, -0.05) is 6.07 Å². The molecule has 0 radical (unpaired) electrons. The van der Waals surface area contributed by atoms with Gasteiger partial charge in [-0.15, -0.1) is 0 Å². The summed E-state index contributed by atoms with van der Waals surface area (Å²) < 4.78 is 33.0. The predicted molar refractivity (Wildman–Crippen MR) is 80.4 cm³/mol. The molecular formula is C17H19F2NO4. The van der Waals surface area contributed by atoms with Crippen molar-refractivity contribution in [3.05, 3.63) is 35.4 Å². The predicted octanol–water partition coefficient (Wildman–Crippen LogP) is 2.16. The Balaban J connectivity index is 1.75. The number of rotatable bonds is 5. The van der Waals surface area contributed by atoms with E-state index in [9.17, 15) is 18.4 Å². The molecule has 1 aromatic rings. The fourth-order valence-corrected chi connectivity index (χ4v) is 3.39. The van der Waals surface area contributed by atoms with Crippen LogP contribution in [0.15, 0.2) is 18.2 Å². The van der Waals surface area contributed by atoms with Gasteiger partial charge in [0.25, 0.3) is 0 Å². The van der Waals surface area contributed by atoms with Gasteiger partial charge < -0.3 is 14.7 Å². The van der Waals surface area contributed by atoms with E-state index in [0.717, 1.165) is 0 Å². The molecule has 1 aromatic carbocycles. The number of hydrogen-bond acceptors (Lipinski definition) is 3. The molecule has 2 aliphatic rings. The minimum atomic E-state index is -1.09. The Bertz CT molecular complexity index is 625. The number of benzene rings is 1. The largest absolute Gasteiger partial charge is 0.480 e. The van der Waals surface area contributed by atoms with Gasteiger partial charge in [-0.3, -0.25) is 9.59 Å². The maximum Gasteiger partial charge on any atom is 0.323 e. The summed E-state index contributed by atoms with van der Waals surface area (Å²) in [6.07, 6.45) is 1.49. The van der Waals surface area contributed by atoms with E-state index in [2.05, 4.69) is 0 Å². The highest BCUT2D eigenvalue weighted by molar-refractivity contribution is 5.86. The summed E-state index contributed by atoms with van der Waals surface area (Å²) >= 11 is 0. The molecule has 3 rings (SSSR count). The van der Waals surface area contributed by atoms with E-state index in [0.29, 0.717) is 32.5 Å². The SMILES string of the molecule is O=C(O)CN(C(=O)[C@@H]1C[C@H]1c1c(F)cccc1F)C1CCOCC1. The number of carboxylic acids is 1. The third-order valence-electron chi connectivity index (χ3n) is 4.70. The second-order valence-electron chi connectivity index (χ2n) is 6.29. The highest BCUT2D eigenvalue weighted by atomic mass is 19.1. The van der Waals surface area contributed by atoms with E-state index in [1.807, 2.05) is 0 Å². The Morgan fingerprint density at radius 3 is 2.42 bits per heavy atom. The maximum absolute atomic E-state index is 13.9. The minimum absolute atomic E-state index is 0.0712. The van der Waals surface area contributed by atoms with Gasteiger partial charge in [0.1, 0.15) is 18.2 Å². The van der Waals surface area contributed by atoms with Crippen molar-refractivity contribution in [2.24, 2.45) is 5.92 Å². The highest BCUT2D eigenvalue weighted by Gasteiger charge is 2.49. The van der Waals surface area contributed by atoms with Gasteiger partial charge in [0.05, 0.1) is 0 Å². The second-order valence-corrected chi connectivity index (χ2v) is 6.29. The van der Waals surface area contributed by atoms with Crippen LogP contribution in [0.4, 0.5) is 8.78 Å². The first-order valence-corrected chi connectivity index (χ1v) is 8.03. The lowest BCUT2D eigenvalue weighted by molar-refractivity contribution is -0.148. The minimum Gasteiger partial charge on any atom is -0.480 e. The third kappa shape index (κ3) is 3.40. The molecule has 0 unspecified atom stereocenters. The van der Waals surface area contributed by atoms with Gasteiger partial charge in [0.2, 0.25) is 5.91 Å². The van der Waals surface area contributed by atoms with Crippen molar-refractivity contribution in [3.8, 4) is 0 Å². The molecular weight excluding hydrogens is 320 g/mol. The zero-order valence-corrected chi connectivity index (χ0v) is 13.1. The van der Waals surface area contributed by atoms with Crippen LogP contribution in [0.5, 0.6) is 0 Å². The molecule has 2 atom stereocenters. The van der Waals surface area contributed by atoms with Crippen LogP contribution >= 0.6 is 0 Å². The van der Waals surface area contributed by atoms with E-state index in [-0.39, 0.29) is 17.5 Å². The molecule has 1 amide bonds. The molecule has 130 valence electrons. The molecule has 0 bridgehead atoms. The topological polar surface area (TPSA) is 66.8 Å². The van der Waals surface area contributed by atoms with Crippen molar-refractivity contribution < 1.29 is 28.2 Å². The van der Waals surface area contributed by atoms with Gasteiger partial charge in [0.15, 0.2) is 0 Å². The van der Waals surface area contributed by atoms with Crippen LogP contribution in [0.25, 0.3) is 0 Å². The molecule has 2 fully saturated rings. The molecule has 1 saturated carbocycles. The van der Waals surface area contributed by atoms with Gasteiger partial charge in [-0.05, 0) is 31.4 Å². The first-order valence-electron chi connectivity index (χ1n) is 8.03. The Labute approximate surface area is 138 Å². The molecule has 24 heavy (non-hydrogen) atoms. The standard InChI is InChI=1S/C17H19F2NO4/c18-13-2-1-3-14(19)16(13)11-8-12(11)17(23)20(9-15(21)22)10-4-6-24-7-5-10/h1-3,10-12H,4-9H2,(H,21,22)/t11-,12-/m1/s1. The Morgan fingerprint density at radius 2 is 1.83 bits per heavy atom. The van der Waals surface area contributed by atoms with E-state index in [1.165, 1.54) is 23.1 Å². The fraction of sp³-hybridized carbons (Fsp3) is 0.529. The Kier molecular flexibility index (Phi) is 4.80. The summed E-state index contributed by atoms with van der Waals surface area (Å²) in [5.74, 6) is -3.83. The number of ether oxygens (including phenoxy) is 1. The van der Waals surface area contributed by atoms with Crippen molar-refractivity contribution in [2.75, 3.05) is 19.8 Å². The monoisotopic (exact) mass is 339 g/mol. The first-order chi connectivity index (χ1) is 11.5. The molecule has 1 heterocycles. The van der Waals surface area contributed by atoms with Crippen LogP contribution in [0.2, 0.25) is 0 Å². The van der Waals surface area contributed by atoms with Gasteiger partial charge in [-0.25, -0.2) is 8.78 Å². The summed E-state index contributed by atoms with van der Waals surface area (Å²) in [4.78, 5) is 25.2. The highest BCUT2D eigenvalue weighted by Crippen LogP contribution is 2.50. The lowest BCUT2D eigenvalue weighted by atomic mass is 10.0. The number of halogens is 2. The maximum atomic E-state index is 13.9. The number of nitrogens with zero attached hydrogens (tertiary/aromatic N) is 1. The van der Waals surface area contributed by atoms with Crippen LogP contribution in [0, 0.1) is 17.6 Å². The van der Waals surface area contributed by atoms with E-state index in [1.54, 1.807) is 0 Å². The molecule has 1 aliphatic heterocycles. The molecule has 1 saturated heterocycles. The van der Waals surface area contributed by atoms with Crippen LogP contribution in [-0.2, 0) is 14.3 Å². The second kappa shape index (κ2) is 6.84. The molecule has 1 aliphatic carbocycles. The average molecular weight is 339 g/mol. The van der Waals surface area contributed by atoms with Gasteiger partial charge in [-0.2, -0.15) is 0 Å². The van der Waals surface area contributed by atoms with Crippen molar-refractivity contribution in [1.29, 1.82) is 0 Å². The first kappa shape index (κ1) is 16.8. The number of carbonyl (C=O) groups excluding carboxylic acids is 1. The quantitative estimate of drug-likeness (QED) is 0.893. The number of hydrogen-bond donors (Lipinski definition) is 1. The Hall–Kier alpha value is -2.02. The van der Waals surface area contributed by atoms with Crippen LogP contribution in [0.3, 0.4) is 0 Å². The molecule has 0 aromatic heterocycles. The summed E-state index contributed by atoms with van der Waals surface area (Å²) in [6, 6.07) is 3.43. The molecule has 7 heteroatoms. The molecule has 1 N–H and O–H groups in total. The van der Waals surface area contributed by atoms with Gasteiger partial charge in [0, 0.05) is 36.7 Å². The van der Waals surface area contributed by atoms with Crippen molar-refractivity contribution in [1.82, 2.24) is 4.90 Å². The van der Waals surface area contributed by atoms with E-state index >= 15 is 0 Å². The van der Waals surface area contributed by atoms with Gasteiger partial charge >= 0.3 is 5.97 Å². The number of aliphatic carboxylic acids is 1. The van der Waals surface area contributed by atoms with Crippen LogP contribution in [0.1, 0.15) is 30.7 Å². The number of amides is 1. The van der Waals surface area contributed by atoms with Crippen molar-refractivity contribution in [2.45, 2.75) is 31.2 Å². The van der Waals surface area contributed by atoms with Crippen molar-refractivity contribution >= 4 is 11.9 Å². The summed E-state index contributed by atoms with van der Waals surface area (Å²) in [6.45, 7) is 0.556. The Morgan fingerprint density at radius 1 is 1.21 bits per heavy atom. The lowest BCUT2D eigenvalue weighted by Crippen LogP contribution is -2.46. The summed E-state index contributed by atoms with van der Waals surface area (Å²) in [7, 11) is 0. The molecule has 5 nitrogen and oxygen atoms in total.